The fraction of sp³-hybridized carbons (Fsp3) is 0.625. The van der Waals surface area contributed by atoms with Crippen molar-refractivity contribution in [3.8, 4) is 0 Å². The summed E-state index contributed by atoms with van der Waals surface area (Å²) in [4.78, 5) is 2.14. The summed E-state index contributed by atoms with van der Waals surface area (Å²) in [6.07, 6.45) is 3.20. The molecule has 1 atom stereocenters. The van der Waals surface area contributed by atoms with E-state index < -0.39 is 0 Å². The SMILES string of the molecule is C=CCCN1C(S)=NN(C)C1C. The Labute approximate surface area is 79.1 Å². The molecular weight excluding hydrogens is 170 g/mol. The summed E-state index contributed by atoms with van der Waals surface area (Å²) in [5.74, 6) is 0. The lowest BCUT2D eigenvalue weighted by atomic mass is 10.3. The summed E-state index contributed by atoms with van der Waals surface area (Å²) in [6.45, 7) is 6.73. The minimum Gasteiger partial charge on any atom is -0.328 e. The molecule has 0 aromatic rings. The molecule has 0 fully saturated rings. The number of hydrogen-bond acceptors (Lipinski definition) is 3. The van der Waals surface area contributed by atoms with E-state index in [0.29, 0.717) is 6.17 Å². The highest BCUT2D eigenvalue weighted by Gasteiger charge is 2.24. The molecule has 0 radical (unpaired) electrons. The van der Waals surface area contributed by atoms with Gasteiger partial charge in [0.2, 0.25) is 0 Å². The van der Waals surface area contributed by atoms with Crippen molar-refractivity contribution in [3.05, 3.63) is 12.7 Å². The van der Waals surface area contributed by atoms with Crippen LogP contribution in [0.5, 0.6) is 0 Å². The number of amidine groups is 1. The average molecular weight is 185 g/mol. The van der Waals surface area contributed by atoms with Crippen LogP contribution in [0.4, 0.5) is 0 Å². The van der Waals surface area contributed by atoms with Gasteiger partial charge in [-0.2, -0.15) is 5.10 Å². The van der Waals surface area contributed by atoms with Crippen LogP contribution in [0, 0.1) is 0 Å². The van der Waals surface area contributed by atoms with Crippen LogP contribution in [0.2, 0.25) is 0 Å². The van der Waals surface area contributed by atoms with Crippen LogP contribution in [0.1, 0.15) is 13.3 Å². The van der Waals surface area contributed by atoms with Crippen LogP contribution in [0.25, 0.3) is 0 Å². The van der Waals surface area contributed by atoms with Gasteiger partial charge in [-0.1, -0.05) is 6.08 Å². The Balaban J connectivity index is 2.53. The third-order valence-corrected chi connectivity index (χ3v) is 2.42. The molecule has 68 valence electrons. The summed E-state index contributed by atoms with van der Waals surface area (Å²) in [7, 11) is 1.95. The zero-order chi connectivity index (χ0) is 9.14. The number of nitrogens with zero attached hydrogens (tertiary/aromatic N) is 3. The average Bonchev–Trinajstić information content (AvgIpc) is 2.25. The van der Waals surface area contributed by atoms with Gasteiger partial charge >= 0.3 is 0 Å². The van der Waals surface area contributed by atoms with Gasteiger partial charge in [0.25, 0.3) is 0 Å². The van der Waals surface area contributed by atoms with Crippen molar-refractivity contribution in [2.45, 2.75) is 19.5 Å². The maximum Gasteiger partial charge on any atom is 0.181 e. The second-order valence-corrected chi connectivity index (χ2v) is 3.28. The largest absolute Gasteiger partial charge is 0.328 e. The summed E-state index contributed by atoms with van der Waals surface area (Å²) in [5.41, 5.74) is 0. The van der Waals surface area contributed by atoms with Gasteiger partial charge in [0.1, 0.15) is 6.17 Å². The van der Waals surface area contributed by atoms with Gasteiger partial charge in [-0.05, 0) is 13.3 Å². The zero-order valence-electron chi connectivity index (χ0n) is 7.56. The fourth-order valence-corrected chi connectivity index (χ4v) is 1.58. The molecule has 1 heterocycles. The molecule has 3 nitrogen and oxygen atoms in total. The third-order valence-electron chi connectivity index (χ3n) is 2.07. The third kappa shape index (κ3) is 1.75. The number of hydrogen-bond donors (Lipinski definition) is 1. The molecule has 0 aliphatic carbocycles. The van der Waals surface area contributed by atoms with Crippen LogP contribution in [-0.2, 0) is 0 Å². The van der Waals surface area contributed by atoms with E-state index in [-0.39, 0.29) is 0 Å². The number of hydrazone groups is 1. The summed E-state index contributed by atoms with van der Waals surface area (Å²) in [5, 5.41) is 6.92. The van der Waals surface area contributed by atoms with Gasteiger partial charge in [0.15, 0.2) is 5.17 Å². The molecule has 4 heteroatoms. The first-order chi connectivity index (χ1) is 5.66. The Morgan fingerprint density at radius 1 is 1.75 bits per heavy atom. The van der Waals surface area contributed by atoms with Gasteiger partial charge in [0, 0.05) is 13.6 Å². The topological polar surface area (TPSA) is 18.8 Å². The van der Waals surface area contributed by atoms with Crippen molar-refractivity contribution in [2.75, 3.05) is 13.6 Å². The Morgan fingerprint density at radius 2 is 2.42 bits per heavy atom. The second-order valence-electron chi connectivity index (χ2n) is 2.88. The molecule has 0 aromatic carbocycles. The Kier molecular flexibility index (Phi) is 3.03. The normalized spacial score (nSPS) is 22.9. The van der Waals surface area contributed by atoms with Crippen molar-refractivity contribution in [1.29, 1.82) is 0 Å². The lowest BCUT2D eigenvalue weighted by molar-refractivity contribution is 0.180. The van der Waals surface area contributed by atoms with Gasteiger partial charge in [-0.15, -0.1) is 19.2 Å². The monoisotopic (exact) mass is 185 g/mol. The fourth-order valence-electron chi connectivity index (χ4n) is 1.17. The predicted octanol–water partition coefficient (Wildman–Crippen LogP) is 1.36. The van der Waals surface area contributed by atoms with Crippen molar-refractivity contribution >= 4 is 17.8 Å². The van der Waals surface area contributed by atoms with Crippen molar-refractivity contribution in [3.63, 3.8) is 0 Å². The highest BCUT2D eigenvalue weighted by atomic mass is 32.1. The molecular formula is C8H15N3S. The molecule has 0 bridgehead atoms. The van der Waals surface area contributed by atoms with E-state index in [4.69, 9.17) is 0 Å². The van der Waals surface area contributed by atoms with Crippen LogP contribution in [0.3, 0.4) is 0 Å². The molecule has 0 saturated heterocycles. The van der Waals surface area contributed by atoms with Gasteiger partial charge in [-0.25, -0.2) is 0 Å². The van der Waals surface area contributed by atoms with Crippen molar-refractivity contribution in [2.24, 2.45) is 5.10 Å². The van der Waals surface area contributed by atoms with E-state index in [1.807, 2.05) is 18.1 Å². The lowest BCUT2D eigenvalue weighted by Gasteiger charge is -2.25. The highest BCUT2D eigenvalue weighted by molar-refractivity contribution is 7.96. The van der Waals surface area contributed by atoms with E-state index in [0.717, 1.165) is 18.1 Å². The van der Waals surface area contributed by atoms with Crippen LogP contribution >= 0.6 is 12.6 Å². The zero-order valence-corrected chi connectivity index (χ0v) is 8.46. The van der Waals surface area contributed by atoms with E-state index in [2.05, 4.69) is 36.1 Å². The van der Waals surface area contributed by atoms with E-state index in [1.165, 1.54) is 0 Å². The summed E-state index contributed by atoms with van der Waals surface area (Å²) >= 11 is 4.28. The first kappa shape index (κ1) is 9.45. The first-order valence-electron chi connectivity index (χ1n) is 4.04. The van der Waals surface area contributed by atoms with E-state index in [9.17, 15) is 0 Å². The minimum absolute atomic E-state index is 0.317. The van der Waals surface area contributed by atoms with E-state index in [1.54, 1.807) is 0 Å². The maximum atomic E-state index is 4.28. The minimum atomic E-state index is 0.317. The van der Waals surface area contributed by atoms with Gasteiger partial charge in [-0.3, -0.25) is 5.01 Å². The van der Waals surface area contributed by atoms with Gasteiger partial charge < -0.3 is 4.90 Å². The molecule has 0 amide bonds. The van der Waals surface area contributed by atoms with Crippen molar-refractivity contribution < 1.29 is 0 Å². The Bertz CT molecular complexity index is 202. The lowest BCUT2D eigenvalue weighted by Crippen LogP contribution is -2.37. The Morgan fingerprint density at radius 3 is 2.83 bits per heavy atom. The standard InChI is InChI=1S/C8H15N3S/c1-4-5-6-11-7(2)10(3)9-8(11)12/h4,7H,1,5-6H2,2-3H3,(H,9,12). The molecule has 0 saturated carbocycles. The molecule has 1 unspecified atom stereocenters. The van der Waals surface area contributed by atoms with Crippen molar-refractivity contribution in [1.82, 2.24) is 9.91 Å². The molecule has 0 aromatic heterocycles. The van der Waals surface area contributed by atoms with Crippen LogP contribution in [-0.4, -0.2) is 34.8 Å². The summed E-state index contributed by atoms with van der Waals surface area (Å²) in [6, 6.07) is 0. The predicted molar refractivity (Wildman–Crippen MR) is 55.2 cm³/mol. The smallest absolute Gasteiger partial charge is 0.181 e. The van der Waals surface area contributed by atoms with E-state index >= 15 is 0 Å². The van der Waals surface area contributed by atoms with Crippen LogP contribution < -0.4 is 0 Å². The molecule has 12 heavy (non-hydrogen) atoms. The second kappa shape index (κ2) is 3.85. The van der Waals surface area contributed by atoms with Crippen LogP contribution in [0.15, 0.2) is 17.8 Å². The summed E-state index contributed by atoms with van der Waals surface area (Å²) < 4.78 is 0. The maximum absolute atomic E-state index is 4.28. The number of thiol groups is 1. The molecule has 1 aliphatic heterocycles. The number of rotatable bonds is 3. The molecule has 1 rings (SSSR count). The molecule has 0 spiro atoms. The first-order valence-corrected chi connectivity index (χ1v) is 4.49. The molecule has 1 aliphatic rings. The van der Waals surface area contributed by atoms with Gasteiger partial charge in [0.05, 0.1) is 0 Å². The quantitative estimate of drug-likeness (QED) is 0.529. The Hall–Kier alpha value is -0.640. The molecule has 0 N–H and O–H groups in total. The highest BCUT2D eigenvalue weighted by Crippen LogP contribution is 2.16.